The lowest BCUT2D eigenvalue weighted by atomic mass is 10.2. The van der Waals surface area contributed by atoms with Gasteiger partial charge in [0, 0.05) is 5.25 Å². The van der Waals surface area contributed by atoms with Gasteiger partial charge in [0.1, 0.15) is 0 Å². The fraction of sp³-hybridized carbons (Fsp3) is 0.500. The predicted molar refractivity (Wildman–Crippen MR) is 44.7 cm³/mol. The SMILES string of the molecule is COC(=O)C1=CSSC1C. The Kier molecular flexibility index (Phi) is 2.68. The normalized spacial score (nSPS) is 24.2. The molecule has 1 unspecified atom stereocenters. The van der Waals surface area contributed by atoms with Crippen LogP contribution < -0.4 is 0 Å². The fourth-order valence-electron chi connectivity index (χ4n) is 0.643. The van der Waals surface area contributed by atoms with Crippen molar-refractivity contribution in [1.82, 2.24) is 0 Å². The second-order valence-corrected chi connectivity index (χ2v) is 4.38. The van der Waals surface area contributed by atoms with Crippen LogP contribution in [-0.2, 0) is 9.53 Å². The van der Waals surface area contributed by atoms with E-state index in [4.69, 9.17) is 0 Å². The molecule has 1 aliphatic rings. The van der Waals surface area contributed by atoms with E-state index in [0.717, 1.165) is 5.57 Å². The molecule has 0 amide bonds. The Labute approximate surface area is 67.8 Å². The molecule has 1 rings (SSSR count). The molecule has 0 aliphatic carbocycles. The largest absolute Gasteiger partial charge is 0.466 e. The zero-order valence-electron chi connectivity index (χ0n) is 5.79. The van der Waals surface area contributed by atoms with Crippen LogP contribution in [0.5, 0.6) is 0 Å². The van der Waals surface area contributed by atoms with Crippen LogP contribution in [0.25, 0.3) is 0 Å². The van der Waals surface area contributed by atoms with Crippen LogP contribution in [0, 0.1) is 0 Å². The monoisotopic (exact) mass is 176 g/mol. The maximum absolute atomic E-state index is 10.9. The molecule has 10 heavy (non-hydrogen) atoms. The van der Waals surface area contributed by atoms with Crippen molar-refractivity contribution < 1.29 is 9.53 Å². The average Bonchev–Trinajstić information content (AvgIpc) is 2.34. The van der Waals surface area contributed by atoms with Gasteiger partial charge in [-0.05, 0) is 12.3 Å². The molecule has 0 N–H and O–H groups in total. The molecule has 0 fully saturated rings. The first-order chi connectivity index (χ1) is 4.75. The second kappa shape index (κ2) is 3.34. The number of ether oxygens (including phenoxy) is 1. The van der Waals surface area contributed by atoms with E-state index in [1.54, 1.807) is 21.6 Å². The van der Waals surface area contributed by atoms with Crippen molar-refractivity contribution in [2.75, 3.05) is 7.11 Å². The number of esters is 1. The molecule has 1 atom stereocenters. The van der Waals surface area contributed by atoms with Crippen LogP contribution in [0.4, 0.5) is 0 Å². The lowest BCUT2D eigenvalue weighted by Crippen LogP contribution is -2.10. The zero-order valence-corrected chi connectivity index (χ0v) is 7.42. The molecular weight excluding hydrogens is 168 g/mol. The number of rotatable bonds is 1. The van der Waals surface area contributed by atoms with Crippen LogP contribution in [0.3, 0.4) is 0 Å². The van der Waals surface area contributed by atoms with Crippen LogP contribution >= 0.6 is 21.6 Å². The molecule has 0 radical (unpaired) electrons. The van der Waals surface area contributed by atoms with Crippen molar-refractivity contribution in [3.05, 3.63) is 11.0 Å². The summed E-state index contributed by atoms with van der Waals surface area (Å²) in [7, 11) is 4.67. The molecule has 0 aromatic carbocycles. The van der Waals surface area contributed by atoms with E-state index in [-0.39, 0.29) is 11.2 Å². The second-order valence-electron chi connectivity index (χ2n) is 1.90. The van der Waals surface area contributed by atoms with E-state index in [9.17, 15) is 4.79 Å². The van der Waals surface area contributed by atoms with E-state index in [1.165, 1.54) is 7.11 Å². The highest BCUT2D eigenvalue weighted by atomic mass is 33.1. The highest BCUT2D eigenvalue weighted by molar-refractivity contribution is 8.78. The van der Waals surface area contributed by atoms with Gasteiger partial charge in [0.25, 0.3) is 0 Å². The Bertz CT molecular complexity index is 177. The summed E-state index contributed by atoms with van der Waals surface area (Å²) in [5, 5.41) is 2.12. The van der Waals surface area contributed by atoms with Crippen molar-refractivity contribution in [3.8, 4) is 0 Å². The molecule has 0 saturated heterocycles. The average molecular weight is 176 g/mol. The highest BCUT2D eigenvalue weighted by Crippen LogP contribution is 2.40. The predicted octanol–water partition coefficient (Wildman–Crippen LogP) is 1.83. The Morgan fingerprint density at radius 3 is 2.90 bits per heavy atom. The lowest BCUT2D eigenvalue weighted by Gasteiger charge is -2.03. The summed E-state index contributed by atoms with van der Waals surface area (Å²) in [5.41, 5.74) is 0.775. The Balaban J connectivity index is 2.63. The lowest BCUT2D eigenvalue weighted by molar-refractivity contribution is -0.136. The van der Waals surface area contributed by atoms with Crippen molar-refractivity contribution in [1.29, 1.82) is 0 Å². The first kappa shape index (κ1) is 8.01. The van der Waals surface area contributed by atoms with Gasteiger partial charge in [0.05, 0.1) is 12.7 Å². The maximum Gasteiger partial charge on any atom is 0.335 e. The van der Waals surface area contributed by atoms with Crippen molar-refractivity contribution in [2.24, 2.45) is 0 Å². The van der Waals surface area contributed by atoms with Gasteiger partial charge in [-0.2, -0.15) is 0 Å². The Morgan fingerprint density at radius 2 is 2.50 bits per heavy atom. The molecule has 56 valence electrons. The molecule has 0 aromatic heterocycles. The smallest absolute Gasteiger partial charge is 0.335 e. The third-order valence-electron chi connectivity index (χ3n) is 1.23. The number of carbonyl (C=O) groups excluding carboxylic acids is 1. The first-order valence-corrected chi connectivity index (χ1v) is 5.14. The molecule has 0 spiro atoms. The van der Waals surface area contributed by atoms with Crippen molar-refractivity contribution in [3.63, 3.8) is 0 Å². The van der Waals surface area contributed by atoms with Crippen LogP contribution in [0.2, 0.25) is 0 Å². The van der Waals surface area contributed by atoms with Gasteiger partial charge in [-0.1, -0.05) is 21.6 Å². The topological polar surface area (TPSA) is 26.3 Å². The summed E-state index contributed by atoms with van der Waals surface area (Å²) in [4.78, 5) is 10.9. The highest BCUT2D eigenvalue weighted by Gasteiger charge is 2.22. The fourth-order valence-corrected chi connectivity index (χ4v) is 2.91. The molecule has 2 nitrogen and oxygen atoms in total. The zero-order chi connectivity index (χ0) is 7.56. The van der Waals surface area contributed by atoms with Gasteiger partial charge in [-0.25, -0.2) is 4.79 Å². The molecule has 1 aliphatic heterocycles. The third-order valence-corrected chi connectivity index (χ3v) is 3.73. The maximum atomic E-state index is 10.9. The number of hydrogen-bond donors (Lipinski definition) is 0. The van der Waals surface area contributed by atoms with Gasteiger partial charge < -0.3 is 4.74 Å². The van der Waals surface area contributed by atoms with Crippen LogP contribution in [0.1, 0.15) is 6.92 Å². The molecule has 4 heteroatoms. The minimum Gasteiger partial charge on any atom is -0.466 e. The summed E-state index contributed by atoms with van der Waals surface area (Å²) < 4.78 is 4.57. The summed E-state index contributed by atoms with van der Waals surface area (Å²) in [6.45, 7) is 1.99. The van der Waals surface area contributed by atoms with E-state index in [2.05, 4.69) is 4.74 Å². The summed E-state index contributed by atoms with van der Waals surface area (Å²) in [5.74, 6) is -0.204. The van der Waals surface area contributed by atoms with Crippen molar-refractivity contribution >= 4 is 27.6 Å². The van der Waals surface area contributed by atoms with Gasteiger partial charge >= 0.3 is 5.97 Å². The Hall–Kier alpha value is -0.0900. The van der Waals surface area contributed by atoms with Gasteiger partial charge in [-0.15, -0.1) is 0 Å². The minimum atomic E-state index is -0.204. The van der Waals surface area contributed by atoms with Gasteiger partial charge in [-0.3, -0.25) is 0 Å². The molecule has 0 saturated carbocycles. The number of hydrogen-bond acceptors (Lipinski definition) is 4. The molecular formula is C6H8O2S2. The third kappa shape index (κ3) is 1.49. The van der Waals surface area contributed by atoms with Crippen molar-refractivity contribution in [2.45, 2.75) is 12.2 Å². The van der Waals surface area contributed by atoms with E-state index in [1.807, 2.05) is 12.3 Å². The molecule has 0 aromatic rings. The minimum absolute atomic E-state index is 0.204. The number of methoxy groups -OCH3 is 1. The quantitative estimate of drug-likeness (QED) is 0.450. The van der Waals surface area contributed by atoms with Crippen LogP contribution in [0.15, 0.2) is 11.0 Å². The van der Waals surface area contributed by atoms with E-state index < -0.39 is 0 Å². The van der Waals surface area contributed by atoms with E-state index >= 15 is 0 Å². The Morgan fingerprint density at radius 1 is 1.80 bits per heavy atom. The standard InChI is InChI=1S/C6H8O2S2/c1-4-5(3-9-10-4)6(7)8-2/h3-4H,1-2H3. The first-order valence-electron chi connectivity index (χ1n) is 2.86. The summed E-state index contributed by atoms with van der Waals surface area (Å²) >= 11 is 0. The molecule has 1 heterocycles. The number of carbonyl (C=O) groups is 1. The molecule has 0 bridgehead atoms. The summed E-state index contributed by atoms with van der Waals surface area (Å²) in [6, 6.07) is 0. The van der Waals surface area contributed by atoms with Crippen LogP contribution in [-0.4, -0.2) is 18.3 Å². The van der Waals surface area contributed by atoms with Gasteiger partial charge in [0.2, 0.25) is 0 Å². The summed E-state index contributed by atoms with van der Waals surface area (Å²) in [6.07, 6.45) is 0. The van der Waals surface area contributed by atoms with E-state index in [0.29, 0.717) is 0 Å². The van der Waals surface area contributed by atoms with Gasteiger partial charge in [0.15, 0.2) is 0 Å².